The summed E-state index contributed by atoms with van der Waals surface area (Å²) in [5, 5.41) is 9.66. The van der Waals surface area contributed by atoms with Gasteiger partial charge in [-0.3, -0.25) is 0 Å². The second-order valence-electron chi connectivity index (χ2n) is 3.70. The Kier molecular flexibility index (Phi) is 3.43. The molecule has 0 spiro atoms. The highest BCUT2D eigenvalue weighted by atomic mass is 19.1. The third-order valence-electron chi connectivity index (χ3n) is 1.95. The minimum absolute atomic E-state index is 0.263. The van der Waals surface area contributed by atoms with Crippen molar-refractivity contribution in [1.82, 2.24) is 0 Å². The maximum atomic E-state index is 12.5. The molecule has 0 unspecified atom stereocenters. The van der Waals surface area contributed by atoms with Crippen LogP contribution in [-0.2, 0) is 0 Å². The molecule has 0 aliphatic heterocycles. The second kappa shape index (κ2) is 4.38. The molecule has 0 saturated carbocycles. The zero-order valence-corrected chi connectivity index (χ0v) is 8.00. The fourth-order valence-electron chi connectivity index (χ4n) is 1.27. The molecule has 1 rings (SSSR count). The topological polar surface area (TPSA) is 20.2 Å². The Morgan fingerprint density at radius 2 is 1.77 bits per heavy atom. The summed E-state index contributed by atoms with van der Waals surface area (Å²) in [7, 11) is 0. The fraction of sp³-hybridized carbons (Fsp3) is 0.455. The van der Waals surface area contributed by atoms with Gasteiger partial charge in [0, 0.05) is 0 Å². The minimum atomic E-state index is -0.472. The molecule has 72 valence electrons. The van der Waals surface area contributed by atoms with E-state index in [1.54, 1.807) is 12.1 Å². The first-order valence-electron chi connectivity index (χ1n) is 4.53. The van der Waals surface area contributed by atoms with E-state index < -0.39 is 6.10 Å². The Bertz CT molecular complexity index is 253. The molecule has 1 aromatic rings. The van der Waals surface area contributed by atoms with E-state index >= 15 is 0 Å². The minimum Gasteiger partial charge on any atom is -0.388 e. The maximum Gasteiger partial charge on any atom is 0.123 e. The van der Waals surface area contributed by atoms with Crippen molar-refractivity contribution in [3.63, 3.8) is 0 Å². The van der Waals surface area contributed by atoms with Crippen LogP contribution in [0.2, 0.25) is 0 Å². The average molecular weight is 182 g/mol. The Balaban J connectivity index is 2.66. The summed E-state index contributed by atoms with van der Waals surface area (Å²) in [6.45, 7) is 4.10. The molecule has 0 fully saturated rings. The molecule has 1 aromatic carbocycles. The highest BCUT2D eigenvalue weighted by molar-refractivity contribution is 5.18. The zero-order valence-electron chi connectivity index (χ0n) is 8.00. The normalized spacial score (nSPS) is 13.3. The second-order valence-corrected chi connectivity index (χ2v) is 3.70. The number of aliphatic hydroxyl groups is 1. The van der Waals surface area contributed by atoms with Crippen LogP contribution in [0.4, 0.5) is 4.39 Å². The highest BCUT2D eigenvalue weighted by Gasteiger charge is 2.08. The molecule has 1 atom stereocenters. The fourth-order valence-corrected chi connectivity index (χ4v) is 1.27. The molecular weight excluding hydrogens is 167 g/mol. The highest BCUT2D eigenvalue weighted by Crippen LogP contribution is 2.20. The van der Waals surface area contributed by atoms with E-state index in [1.165, 1.54) is 12.1 Å². The van der Waals surface area contributed by atoms with Gasteiger partial charge in [0.25, 0.3) is 0 Å². The van der Waals surface area contributed by atoms with Crippen molar-refractivity contribution in [2.75, 3.05) is 0 Å². The number of rotatable bonds is 3. The largest absolute Gasteiger partial charge is 0.388 e. The van der Waals surface area contributed by atoms with Crippen molar-refractivity contribution in [2.45, 2.75) is 26.4 Å². The first kappa shape index (κ1) is 10.2. The lowest BCUT2D eigenvalue weighted by Crippen LogP contribution is -2.01. The van der Waals surface area contributed by atoms with E-state index in [4.69, 9.17) is 0 Å². The van der Waals surface area contributed by atoms with E-state index in [0.29, 0.717) is 12.3 Å². The maximum absolute atomic E-state index is 12.5. The van der Waals surface area contributed by atoms with E-state index in [2.05, 4.69) is 0 Å². The summed E-state index contributed by atoms with van der Waals surface area (Å²) < 4.78 is 12.5. The predicted molar refractivity (Wildman–Crippen MR) is 50.8 cm³/mol. The van der Waals surface area contributed by atoms with Gasteiger partial charge in [0.15, 0.2) is 0 Å². The van der Waals surface area contributed by atoms with E-state index in [0.717, 1.165) is 5.56 Å². The Morgan fingerprint density at radius 3 is 2.23 bits per heavy atom. The van der Waals surface area contributed by atoms with Crippen LogP contribution < -0.4 is 0 Å². The lowest BCUT2D eigenvalue weighted by Gasteiger charge is -2.12. The molecule has 0 heterocycles. The molecule has 0 saturated heterocycles. The van der Waals surface area contributed by atoms with Crippen molar-refractivity contribution in [3.05, 3.63) is 35.6 Å². The number of halogens is 1. The molecule has 0 bridgehead atoms. The molecule has 0 aliphatic rings. The third kappa shape index (κ3) is 3.15. The van der Waals surface area contributed by atoms with Gasteiger partial charge in [0.05, 0.1) is 6.10 Å². The van der Waals surface area contributed by atoms with Gasteiger partial charge in [0.2, 0.25) is 0 Å². The Hall–Kier alpha value is -0.890. The number of benzene rings is 1. The smallest absolute Gasteiger partial charge is 0.123 e. The van der Waals surface area contributed by atoms with Crippen molar-refractivity contribution >= 4 is 0 Å². The summed E-state index contributed by atoms with van der Waals surface area (Å²) in [6, 6.07) is 6.00. The van der Waals surface area contributed by atoms with Crippen LogP contribution in [0.15, 0.2) is 24.3 Å². The van der Waals surface area contributed by atoms with Crippen molar-refractivity contribution in [3.8, 4) is 0 Å². The van der Waals surface area contributed by atoms with Gasteiger partial charge in [-0.2, -0.15) is 0 Å². The first-order chi connectivity index (χ1) is 6.09. The van der Waals surface area contributed by atoms with Crippen LogP contribution in [0.1, 0.15) is 31.9 Å². The van der Waals surface area contributed by atoms with Gasteiger partial charge in [-0.25, -0.2) is 4.39 Å². The Labute approximate surface area is 78.2 Å². The van der Waals surface area contributed by atoms with Gasteiger partial charge >= 0.3 is 0 Å². The standard InChI is InChI=1S/C11H15FO/c1-8(2)7-11(13)9-3-5-10(12)6-4-9/h3-6,8,11,13H,7H2,1-2H3/t11-/m0/s1. The molecule has 0 radical (unpaired) electrons. The molecule has 1 nitrogen and oxygen atoms in total. The predicted octanol–water partition coefficient (Wildman–Crippen LogP) is 2.91. The molecule has 1 N–H and O–H groups in total. The Morgan fingerprint density at radius 1 is 1.23 bits per heavy atom. The van der Waals surface area contributed by atoms with Crippen LogP contribution >= 0.6 is 0 Å². The van der Waals surface area contributed by atoms with E-state index in [-0.39, 0.29) is 5.82 Å². The summed E-state index contributed by atoms with van der Waals surface area (Å²) in [5.41, 5.74) is 0.787. The SMILES string of the molecule is CC(C)C[C@H](O)c1ccc(F)cc1. The van der Waals surface area contributed by atoms with Gasteiger partial charge in [-0.1, -0.05) is 26.0 Å². The summed E-state index contributed by atoms with van der Waals surface area (Å²) in [4.78, 5) is 0. The zero-order chi connectivity index (χ0) is 9.84. The molecule has 0 aromatic heterocycles. The lowest BCUT2D eigenvalue weighted by molar-refractivity contribution is 0.151. The van der Waals surface area contributed by atoms with E-state index in [1.807, 2.05) is 13.8 Å². The van der Waals surface area contributed by atoms with Crippen molar-refractivity contribution in [1.29, 1.82) is 0 Å². The third-order valence-corrected chi connectivity index (χ3v) is 1.95. The van der Waals surface area contributed by atoms with Crippen molar-refractivity contribution in [2.24, 2.45) is 5.92 Å². The quantitative estimate of drug-likeness (QED) is 0.762. The van der Waals surface area contributed by atoms with Crippen LogP contribution in [0.3, 0.4) is 0 Å². The summed E-state index contributed by atoms with van der Waals surface area (Å²) >= 11 is 0. The van der Waals surface area contributed by atoms with Crippen LogP contribution in [0, 0.1) is 11.7 Å². The summed E-state index contributed by atoms with van der Waals surface area (Å²) in [6.07, 6.45) is 0.242. The number of hydrogen-bond donors (Lipinski definition) is 1. The average Bonchev–Trinajstić information content (AvgIpc) is 2.04. The summed E-state index contributed by atoms with van der Waals surface area (Å²) in [5.74, 6) is 0.181. The van der Waals surface area contributed by atoms with Gasteiger partial charge in [-0.05, 0) is 30.0 Å². The first-order valence-corrected chi connectivity index (χ1v) is 4.53. The van der Waals surface area contributed by atoms with Crippen molar-refractivity contribution < 1.29 is 9.50 Å². The molecule has 0 amide bonds. The van der Waals surface area contributed by atoms with Gasteiger partial charge in [-0.15, -0.1) is 0 Å². The number of hydrogen-bond acceptors (Lipinski definition) is 1. The van der Waals surface area contributed by atoms with Crippen LogP contribution in [0.5, 0.6) is 0 Å². The number of aliphatic hydroxyl groups excluding tert-OH is 1. The molecule has 13 heavy (non-hydrogen) atoms. The van der Waals surface area contributed by atoms with E-state index in [9.17, 15) is 9.50 Å². The molecular formula is C11H15FO. The van der Waals surface area contributed by atoms with Gasteiger partial charge < -0.3 is 5.11 Å². The van der Waals surface area contributed by atoms with Gasteiger partial charge in [0.1, 0.15) is 5.82 Å². The lowest BCUT2D eigenvalue weighted by atomic mass is 10.00. The van der Waals surface area contributed by atoms with Crippen LogP contribution in [0.25, 0.3) is 0 Å². The molecule has 2 heteroatoms. The van der Waals surface area contributed by atoms with Crippen LogP contribution in [-0.4, -0.2) is 5.11 Å². The molecule has 0 aliphatic carbocycles. The monoisotopic (exact) mass is 182 g/mol.